The number of rotatable bonds is 10. The fourth-order valence-electron chi connectivity index (χ4n) is 3.20. The minimum Gasteiger partial charge on any atom is -0.483 e. The van der Waals surface area contributed by atoms with Crippen LogP contribution in [0.2, 0.25) is 10.0 Å². The Kier molecular flexibility index (Phi) is 9.85. The van der Waals surface area contributed by atoms with Crippen LogP contribution in [0.4, 0.5) is 0 Å². The van der Waals surface area contributed by atoms with Gasteiger partial charge in [-0.15, -0.1) is 0 Å². The molecule has 0 aromatic heterocycles. The van der Waals surface area contributed by atoms with E-state index >= 15 is 0 Å². The van der Waals surface area contributed by atoms with Gasteiger partial charge in [-0.05, 0) is 42.5 Å². The molecule has 32 heavy (non-hydrogen) atoms. The van der Waals surface area contributed by atoms with Crippen LogP contribution in [-0.2, 0) is 16.1 Å². The molecule has 0 saturated carbocycles. The van der Waals surface area contributed by atoms with Crippen molar-refractivity contribution in [2.24, 2.45) is 5.92 Å². The molecule has 2 amide bonds. The topological polar surface area (TPSA) is 58.6 Å². The Hall–Kier alpha value is -2.24. The molecule has 1 atom stereocenters. The van der Waals surface area contributed by atoms with Gasteiger partial charge >= 0.3 is 0 Å². The van der Waals surface area contributed by atoms with Crippen LogP contribution in [0.1, 0.15) is 51.7 Å². The summed E-state index contributed by atoms with van der Waals surface area (Å²) in [6.07, 6.45) is 0. The predicted molar refractivity (Wildman–Crippen MR) is 130 cm³/mol. The molecule has 5 nitrogen and oxygen atoms in total. The third-order valence-corrected chi connectivity index (χ3v) is 5.84. The molecule has 7 heteroatoms. The van der Waals surface area contributed by atoms with E-state index in [2.05, 4.69) is 19.2 Å². The van der Waals surface area contributed by atoms with Crippen LogP contribution < -0.4 is 10.1 Å². The van der Waals surface area contributed by atoms with E-state index in [4.69, 9.17) is 27.9 Å². The van der Waals surface area contributed by atoms with E-state index in [9.17, 15) is 9.59 Å². The number of carbonyl (C=O) groups excluding carboxylic acids is 2. The van der Waals surface area contributed by atoms with Gasteiger partial charge in [-0.1, -0.05) is 75.2 Å². The highest BCUT2D eigenvalue weighted by atomic mass is 35.5. The Morgan fingerprint density at radius 2 is 1.59 bits per heavy atom. The van der Waals surface area contributed by atoms with Crippen molar-refractivity contribution in [3.63, 3.8) is 0 Å². The molecule has 2 aromatic carbocycles. The van der Waals surface area contributed by atoms with Crippen molar-refractivity contribution in [2.45, 2.75) is 53.1 Å². The number of carbonyl (C=O) groups is 2. The molecule has 1 N–H and O–H groups in total. The van der Waals surface area contributed by atoms with Gasteiger partial charge in [0.15, 0.2) is 6.61 Å². The molecular formula is C25H32Cl2N2O3. The molecule has 0 aliphatic rings. The summed E-state index contributed by atoms with van der Waals surface area (Å²) in [5, 5.41) is 3.77. The van der Waals surface area contributed by atoms with E-state index in [1.165, 1.54) is 4.90 Å². The summed E-state index contributed by atoms with van der Waals surface area (Å²) in [7, 11) is 0. The average molecular weight is 479 g/mol. The summed E-state index contributed by atoms with van der Waals surface area (Å²) < 4.78 is 5.88. The number of ether oxygens (including phenoxy) is 1. The number of halogens is 2. The first-order valence-electron chi connectivity index (χ1n) is 10.8. The summed E-state index contributed by atoms with van der Waals surface area (Å²) in [6, 6.07) is 12.1. The Balaban J connectivity index is 2.25. The highest BCUT2D eigenvalue weighted by Gasteiger charge is 2.28. The van der Waals surface area contributed by atoms with Crippen LogP contribution in [0, 0.1) is 5.92 Å². The Morgan fingerprint density at radius 3 is 2.19 bits per heavy atom. The van der Waals surface area contributed by atoms with E-state index < -0.39 is 6.04 Å². The van der Waals surface area contributed by atoms with Crippen molar-refractivity contribution < 1.29 is 14.3 Å². The summed E-state index contributed by atoms with van der Waals surface area (Å²) in [4.78, 5) is 27.5. The second-order valence-corrected chi connectivity index (χ2v) is 9.33. The highest BCUT2D eigenvalue weighted by molar-refractivity contribution is 6.36. The van der Waals surface area contributed by atoms with Crippen LogP contribution >= 0.6 is 23.2 Å². The van der Waals surface area contributed by atoms with E-state index in [-0.39, 0.29) is 30.9 Å². The predicted octanol–water partition coefficient (Wildman–Crippen LogP) is 5.69. The molecule has 0 fully saturated rings. The quantitative estimate of drug-likeness (QED) is 0.477. The van der Waals surface area contributed by atoms with Crippen molar-refractivity contribution in [1.82, 2.24) is 10.2 Å². The van der Waals surface area contributed by atoms with E-state index in [1.54, 1.807) is 25.1 Å². The lowest BCUT2D eigenvalue weighted by molar-refractivity contribution is -0.142. The van der Waals surface area contributed by atoms with Crippen molar-refractivity contribution in [3.05, 3.63) is 63.6 Å². The van der Waals surface area contributed by atoms with E-state index in [1.807, 2.05) is 38.1 Å². The lowest BCUT2D eigenvalue weighted by atomic mass is 10.0. The third kappa shape index (κ3) is 7.14. The zero-order valence-corrected chi connectivity index (χ0v) is 20.8. The molecule has 0 unspecified atom stereocenters. The zero-order valence-electron chi connectivity index (χ0n) is 19.3. The first-order valence-corrected chi connectivity index (χ1v) is 11.6. The van der Waals surface area contributed by atoms with Gasteiger partial charge < -0.3 is 15.0 Å². The highest BCUT2D eigenvalue weighted by Crippen LogP contribution is 2.28. The lowest BCUT2D eigenvalue weighted by Gasteiger charge is -2.29. The van der Waals surface area contributed by atoms with Crippen LogP contribution in [0.15, 0.2) is 42.5 Å². The van der Waals surface area contributed by atoms with Gasteiger partial charge in [-0.3, -0.25) is 9.59 Å². The Bertz CT molecular complexity index is 911. The van der Waals surface area contributed by atoms with E-state index in [0.717, 1.165) is 5.56 Å². The molecule has 2 rings (SSSR count). The fraction of sp³-hybridized carbons (Fsp3) is 0.440. The first kappa shape index (κ1) is 26.0. The largest absolute Gasteiger partial charge is 0.483 e. The van der Waals surface area contributed by atoms with Crippen molar-refractivity contribution in [2.75, 3.05) is 13.2 Å². The number of hydrogen-bond acceptors (Lipinski definition) is 3. The molecule has 0 spiro atoms. The van der Waals surface area contributed by atoms with E-state index in [0.29, 0.717) is 33.8 Å². The normalized spacial score (nSPS) is 12.0. The van der Waals surface area contributed by atoms with Crippen LogP contribution in [0.25, 0.3) is 0 Å². The minimum atomic E-state index is -0.725. The maximum absolute atomic E-state index is 13.2. The van der Waals surface area contributed by atoms with Gasteiger partial charge in [-0.25, -0.2) is 0 Å². The maximum Gasteiger partial charge on any atom is 0.261 e. The Labute approximate surface area is 201 Å². The molecule has 0 bridgehead atoms. The number of para-hydroxylation sites is 1. The lowest BCUT2D eigenvalue weighted by Crippen LogP contribution is -2.49. The van der Waals surface area contributed by atoms with Crippen molar-refractivity contribution in [3.8, 4) is 5.75 Å². The molecule has 0 saturated heterocycles. The van der Waals surface area contributed by atoms with Crippen LogP contribution in [-0.4, -0.2) is 35.9 Å². The molecule has 174 valence electrons. The molecule has 0 aliphatic carbocycles. The monoisotopic (exact) mass is 478 g/mol. The third-order valence-electron chi connectivity index (χ3n) is 5.13. The molecular weight excluding hydrogens is 447 g/mol. The maximum atomic E-state index is 13.2. The number of amides is 2. The Morgan fingerprint density at radius 1 is 0.969 bits per heavy atom. The zero-order chi connectivity index (χ0) is 23.8. The number of nitrogens with zero attached hydrogens (tertiary/aromatic N) is 1. The SMILES string of the molecule is CC(C)CNC(=O)[C@@H](C)N(Cc1c(Cl)cccc1Cl)C(=O)COc1ccccc1C(C)C. The number of nitrogens with one attached hydrogen (secondary N) is 1. The van der Waals surface area contributed by atoms with Gasteiger partial charge in [-0.2, -0.15) is 0 Å². The first-order chi connectivity index (χ1) is 15.1. The van der Waals surface area contributed by atoms with Crippen molar-refractivity contribution in [1.29, 1.82) is 0 Å². The average Bonchev–Trinajstić information content (AvgIpc) is 2.75. The standard InChI is InChI=1S/C25H32Cl2N2O3/c1-16(2)13-28-25(31)18(5)29(14-20-21(26)10-8-11-22(20)27)24(30)15-32-23-12-7-6-9-19(23)17(3)4/h6-12,16-18H,13-15H2,1-5H3,(H,28,31)/t18-/m1/s1. The van der Waals surface area contributed by atoms with Gasteiger partial charge in [0.05, 0.1) is 0 Å². The molecule has 0 radical (unpaired) electrons. The molecule has 0 heterocycles. The second kappa shape index (κ2) is 12.1. The van der Waals surface area contributed by atoms with Gasteiger partial charge in [0.2, 0.25) is 5.91 Å². The second-order valence-electron chi connectivity index (χ2n) is 8.52. The van der Waals surface area contributed by atoms with Gasteiger partial charge in [0.25, 0.3) is 5.91 Å². The van der Waals surface area contributed by atoms with Gasteiger partial charge in [0.1, 0.15) is 11.8 Å². The van der Waals surface area contributed by atoms with Gasteiger partial charge in [0, 0.05) is 28.7 Å². The fourth-order valence-corrected chi connectivity index (χ4v) is 3.72. The number of benzene rings is 2. The smallest absolute Gasteiger partial charge is 0.261 e. The summed E-state index contributed by atoms with van der Waals surface area (Å²) in [5.41, 5.74) is 1.61. The molecule has 2 aromatic rings. The minimum absolute atomic E-state index is 0.1000. The summed E-state index contributed by atoms with van der Waals surface area (Å²) >= 11 is 12.7. The molecule has 0 aliphatic heterocycles. The summed E-state index contributed by atoms with van der Waals surface area (Å²) in [5.74, 6) is 0.636. The van der Waals surface area contributed by atoms with Crippen LogP contribution in [0.3, 0.4) is 0 Å². The van der Waals surface area contributed by atoms with Crippen LogP contribution in [0.5, 0.6) is 5.75 Å². The van der Waals surface area contributed by atoms with Crippen molar-refractivity contribution >= 4 is 35.0 Å². The number of hydrogen-bond donors (Lipinski definition) is 1. The summed E-state index contributed by atoms with van der Waals surface area (Å²) in [6.45, 7) is 10.3.